The van der Waals surface area contributed by atoms with Crippen molar-refractivity contribution in [2.45, 2.75) is 13.5 Å². The van der Waals surface area contributed by atoms with Gasteiger partial charge < -0.3 is 10.6 Å². The summed E-state index contributed by atoms with van der Waals surface area (Å²) in [5.74, 6) is 0.115. The third-order valence-corrected chi connectivity index (χ3v) is 4.81. The Morgan fingerprint density at radius 2 is 1.74 bits per heavy atom. The van der Waals surface area contributed by atoms with E-state index in [1.54, 1.807) is 37.3 Å². The summed E-state index contributed by atoms with van der Waals surface area (Å²) in [4.78, 5) is 12.5. The summed E-state index contributed by atoms with van der Waals surface area (Å²) < 4.78 is 13.4. The number of carbonyl (C=O) groups is 1. The molecule has 0 aliphatic carbocycles. The van der Waals surface area contributed by atoms with Crippen molar-refractivity contribution >= 4 is 17.4 Å². The van der Waals surface area contributed by atoms with E-state index in [0.717, 1.165) is 22.5 Å². The van der Waals surface area contributed by atoms with E-state index < -0.39 is 0 Å². The van der Waals surface area contributed by atoms with Crippen molar-refractivity contribution in [1.82, 2.24) is 15.5 Å². The Balaban J connectivity index is 1.40. The van der Waals surface area contributed by atoms with Crippen molar-refractivity contribution in [1.29, 1.82) is 0 Å². The van der Waals surface area contributed by atoms with Crippen LogP contribution < -0.4 is 10.6 Å². The summed E-state index contributed by atoms with van der Waals surface area (Å²) in [5.41, 5.74) is 4.42. The van der Waals surface area contributed by atoms with Crippen molar-refractivity contribution in [2.75, 3.05) is 5.32 Å². The van der Waals surface area contributed by atoms with E-state index in [9.17, 15) is 9.18 Å². The molecule has 1 heterocycles. The molecular formula is C25H21FN4O. The van der Waals surface area contributed by atoms with Crippen LogP contribution in [0.1, 0.15) is 21.5 Å². The number of aromatic nitrogens is 2. The zero-order valence-electron chi connectivity index (χ0n) is 17.0. The molecule has 1 aromatic heterocycles. The fourth-order valence-corrected chi connectivity index (χ4v) is 3.15. The van der Waals surface area contributed by atoms with Gasteiger partial charge >= 0.3 is 0 Å². The van der Waals surface area contributed by atoms with Gasteiger partial charge in [-0.2, -0.15) is 0 Å². The fraction of sp³-hybridized carbons (Fsp3) is 0.0800. The van der Waals surface area contributed by atoms with Crippen molar-refractivity contribution in [3.63, 3.8) is 0 Å². The lowest BCUT2D eigenvalue weighted by Gasteiger charge is -2.09. The molecule has 5 nitrogen and oxygen atoms in total. The quantitative estimate of drug-likeness (QED) is 0.453. The average molecular weight is 412 g/mol. The van der Waals surface area contributed by atoms with Crippen LogP contribution in [0.5, 0.6) is 0 Å². The highest BCUT2D eigenvalue weighted by molar-refractivity contribution is 5.95. The molecule has 0 unspecified atom stereocenters. The first kappa shape index (κ1) is 20.2. The van der Waals surface area contributed by atoms with Crippen LogP contribution in [0.2, 0.25) is 0 Å². The van der Waals surface area contributed by atoms with Crippen LogP contribution in [-0.2, 0) is 6.54 Å². The lowest BCUT2D eigenvalue weighted by atomic mass is 10.1. The first-order valence-corrected chi connectivity index (χ1v) is 9.88. The third-order valence-electron chi connectivity index (χ3n) is 4.81. The molecule has 2 N–H and O–H groups in total. The van der Waals surface area contributed by atoms with Crippen LogP contribution in [0.4, 0.5) is 15.9 Å². The summed E-state index contributed by atoms with van der Waals surface area (Å²) in [6.07, 6.45) is 0. The predicted octanol–water partition coefficient (Wildman–Crippen LogP) is 5.26. The van der Waals surface area contributed by atoms with Crippen molar-refractivity contribution in [3.05, 3.63) is 107 Å². The highest BCUT2D eigenvalue weighted by Crippen LogP contribution is 2.19. The van der Waals surface area contributed by atoms with Crippen molar-refractivity contribution in [3.8, 4) is 11.3 Å². The number of amides is 1. The molecule has 0 saturated heterocycles. The second kappa shape index (κ2) is 9.17. The van der Waals surface area contributed by atoms with Gasteiger partial charge in [-0.05, 0) is 54.4 Å². The van der Waals surface area contributed by atoms with E-state index in [0.29, 0.717) is 23.5 Å². The van der Waals surface area contributed by atoms with Crippen molar-refractivity contribution < 1.29 is 9.18 Å². The maximum Gasteiger partial charge on any atom is 0.251 e. The van der Waals surface area contributed by atoms with Gasteiger partial charge in [0.15, 0.2) is 5.82 Å². The summed E-state index contributed by atoms with van der Waals surface area (Å²) in [6.45, 7) is 2.02. The molecule has 1 amide bonds. The van der Waals surface area contributed by atoms with Crippen LogP contribution in [0.15, 0.2) is 84.9 Å². The molecule has 0 aliphatic rings. The number of halogens is 1. The Hall–Kier alpha value is -4.06. The van der Waals surface area contributed by atoms with Crippen LogP contribution in [0.25, 0.3) is 11.3 Å². The molecule has 0 fully saturated rings. The van der Waals surface area contributed by atoms with Gasteiger partial charge in [-0.3, -0.25) is 4.79 Å². The molecule has 4 rings (SSSR count). The predicted molar refractivity (Wildman–Crippen MR) is 119 cm³/mol. The lowest BCUT2D eigenvalue weighted by molar-refractivity contribution is 0.0951. The second-order valence-electron chi connectivity index (χ2n) is 7.14. The molecule has 31 heavy (non-hydrogen) atoms. The SMILES string of the molecule is Cc1cc(CNC(=O)c2cccc(Nc3ccc(-c4ccccc4)nn3)c2)ccc1F. The van der Waals surface area contributed by atoms with Crippen LogP contribution in [0, 0.1) is 12.7 Å². The third kappa shape index (κ3) is 5.11. The Bertz CT molecular complexity index is 1190. The monoisotopic (exact) mass is 412 g/mol. The number of nitrogens with zero attached hydrogens (tertiary/aromatic N) is 2. The smallest absolute Gasteiger partial charge is 0.251 e. The lowest BCUT2D eigenvalue weighted by Crippen LogP contribution is -2.22. The Labute approximate surface area is 180 Å². The first-order chi connectivity index (χ1) is 15.1. The van der Waals surface area contributed by atoms with Gasteiger partial charge in [0.1, 0.15) is 5.82 Å². The normalized spacial score (nSPS) is 10.5. The Kier molecular flexibility index (Phi) is 5.98. The summed E-state index contributed by atoms with van der Waals surface area (Å²) >= 11 is 0. The maximum atomic E-state index is 13.4. The molecule has 0 aliphatic heterocycles. The van der Waals surface area contributed by atoms with Gasteiger partial charge in [0.05, 0.1) is 5.69 Å². The molecule has 0 bridgehead atoms. The average Bonchev–Trinajstić information content (AvgIpc) is 2.81. The molecular weight excluding hydrogens is 391 g/mol. The number of rotatable bonds is 6. The largest absolute Gasteiger partial charge is 0.348 e. The molecule has 0 radical (unpaired) electrons. The summed E-state index contributed by atoms with van der Waals surface area (Å²) in [6, 6.07) is 25.5. The highest BCUT2D eigenvalue weighted by Gasteiger charge is 2.08. The van der Waals surface area contributed by atoms with E-state index >= 15 is 0 Å². The van der Waals surface area contributed by atoms with Crippen LogP contribution in [-0.4, -0.2) is 16.1 Å². The standard InChI is InChI=1S/C25H21FN4O/c1-17-14-18(10-11-22(17)26)16-27-25(31)20-8-5-9-21(15-20)28-24-13-12-23(29-30-24)19-6-3-2-4-7-19/h2-15H,16H2,1H3,(H,27,31)(H,28,30). The number of nitrogens with one attached hydrogen (secondary N) is 2. The van der Waals surface area contributed by atoms with Gasteiger partial charge in [0, 0.05) is 23.4 Å². The van der Waals surface area contributed by atoms with E-state index in [1.807, 2.05) is 48.5 Å². The fourth-order valence-electron chi connectivity index (χ4n) is 3.15. The second-order valence-corrected chi connectivity index (χ2v) is 7.14. The Morgan fingerprint density at radius 3 is 2.48 bits per heavy atom. The molecule has 0 spiro atoms. The minimum atomic E-state index is -0.256. The molecule has 4 aromatic rings. The molecule has 0 saturated carbocycles. The zero-order chi connectivity index (χ0) is 21.6. The van der Waals surface area contributed by atoms with Crippen LogP contribution in [0.3, 0.4) is 0 Å². The maximum absolute atomic E-state index is 13.4. The van der Waals surface area contributed by atoms with E-state index in [1.165, 1.54) is 6.07 Å². The van der Waals surface area contributed by atoms with Gasteiger partial charge in [-0.25, -0.2) is 4.39 Å². The van der Waals surface area contributed by atoms with Crippen molar-refractivity contribution in [2.24, 2.45) is 0 Å². The first-order valence-electron chi connectivity index (χ1n) is 9.88. The van der Waals surface area contributed by atoms with E-state index in [-0.39, 0.29) is 11.7 Å². The van der Waals surface area contributed by atoms with Gasteiger partial charge in [0.2, 0.25) is 0 Å². The number of hydrogen-bond acceptors (Lipinski definition) is 4. The molecule has 6 heteroatoms. The summed E-state index contributed by atoms with van der Waals surface area (Å²) in [5, 5.41) is 14.5. The number of carbonyl (C=O) groups excluding carboxylic acids is 1. The summed E-state index contributed by atoms with van der Waals surface area (Å²) in [7, 11) is 0. The molecule has 3 aromatic carbocycles. The van der Waals surface area contributed by atoms with E-state index in [4.69, 9.17) is 0 Å². The van der Waals surface area contributed by atoms with E-state index in [2.05, 4.69) is 20.8 Å². The number of hydrogen-bond donors (Lipinski definition) is 2. The minimum Gasteiger partial charge on any atom is -0.348 e. The highest BCUT2D eigenvalue weighted by atomic mass is 19.1. The topological polar surface area (TPSA) is 66.9 Å². The number of anilines is 2. The minimum absolute atomic E-state index is 0.212. The number of benzene rings is 3. The zero-order valence-corrected chi connectivity index (χ0v) is 17.0. The van der Waals surface area contributed by atoms with Gasteiger partial charge in [0.25, 0.3) is 5.91 Å². The van der Waals surface area contributed by atoms with Crippen LogP contribution >= 0.6 is 0 Å². The van der Waals surface area contributed by atoms with Gasteiger partial charge in [-0.1, -0.05) is 48.5 Å². The Morgan fingerprint density at radius 1 is 0.903 bits per heavy atom. The van der Waals surface area contributed by atoms with Gasteiger partial charge in [-0.15, -0.1) is 10.2 Å². The number of aryl methyl sites for hydroxylation is 1. The molecule has 154 valence electrons. The molecule has 0 atom stereocenters.